The van der Waals surface area contributed by atoms with Gasteiger partial charge in [-0.1, -0.05) is 152 Å². The molecule has 7 aromatic carbocycles. The van der Waals surface area contributed by atoms with Gasteiger partial charge < -0.3 is 4.57 Å². The van der Waals surface area contributed by atoms with Gasteiger partial charge in [0.1, 0.15) is 0 Å². The first-order valence-corrected chi connectivity index (χ1v) is 19.4. The van der Waals surface area contributed by atoms with E-state index in [0.29, 0.717) is 54.3 Å². The summed E-state index contributed by atoms with van der Waals surface area (Å²) >= 11 is 1.23. The van der Waals surface area contributed by atoms with Crippen molar-refractivity contribution in [1.82, 2.24) is 19.5 Å². The summed E-state index contributed by atoms with van der Waals surface area (Å²) in [5, 5.41) is 1.70. The monoisotopic (exact) mass is 740 g/mol. The molecule has 0 unspecified atom stereocenters. The highest BCUT2D eigenvalue weighted by Crippen LogP contribution is 2.44. The summed E-state index contributed by atoms with van der Waals surface area (Å²) in [5.74, 6) is 1.41. The molecule has 264 valence electrons. The van der Waals surface area contributed by atoms with Gasteiger partial charge in [-0.15, -0.1) is 11.3 Å². The molecule has 56 heavy (non-hydrogen) atoms. The molecule has 0 bridgehead atoms. The summed E-state index contributed by atoms with van der Waals surface area (Å²) in [4.78, 5) is 15.2. The number of aromatic nitrogens is 4. The zero-order chi connectivity index (χ0) is 42.2. The molecule has 0 amide bonds. The lowest BCUT2D eigenvalue weighted by Gasteiger charge is -2.19. The van der Waals surface area contributed by atoms with Crippen LogP contribution in [0.25, 0.3) is 99.3 Å². The molecular formula is C51H34N4S. The van der Waals surface area contributed by atoms with E-state index in [2.05, 4.69) is 53.1 Å². The van der Waals surface area contributed by atoms with Gasteiger partial charge in [0.25, 0.3) is 0 Å². The number of thiophene rings is 1. The van der Waals surface area contributed by atoms with E-state index < -0.39 is 0 Å². The van der Waals surface area contributed by atoms with Gasteiger partial charge in [0, 0.05) is 64.6 Å². The van der Waals surface area contributed by atoms with E-state index in [0.717, 1.165) is 62.9 Å². The summed E-state index contributed by atoms with van der Waals surface area (Å²) < 4.78 is 57.4. The van der Waals surface area contributed by atoms with Crippen molar-refractivity contribution >= 4 is 48.5 Å². The fourth-order valence-electron chi connectivity index (χ4n) is 7.87. The van der Waals surface area contributed by atoms with Crippen LogP contribution in [0.4, 0.5) is 0 Å². The minimum Gasteiger partial charge on any atom is -0.312 e. The average Bonchev–Trinajstić information content (AvgIpc) is 3.88. The molecule has 10 aromatic rings. The van der Waals surface area contributed by atoms with Crippen LogP contribution >= 0.6 is 11.3 Å². The number of benzene rings is 7. The summed E-state index contributed by atoms with van der Waals surface area (Å²) in [5.41, 5.74) is 9.54. The SMILES string of the molecule is [2H]c1cc([2H])c2sc3c(-c4cc(-c5nc(-c6ccccc6)nc(-c6ccc(-c7ccccc7)cc6)n5)ccc4-n4c5c(c6ccccc64)C=CCC5)c([2H])c([2H])c([2H])c3c2c1[2H]. The molecule has 4 nitrogen and oxygen atoms in total. The summed E-state index contributed by atoms with van der Waals surface area (Å²) in [7, 11) is 0. The molecule has 5 heteroatoms. The fraction of sp³-hybridized carbons (Fsp3) is 0.0392. The highest BCUT2D eigenvalue weighted by atomic mass is 32.1. The van der Waals surface area contributed by atoms with Crippen LogP contribution in [0.2, 0.25) is 0 Å². The predicted molar refractivity (Wildman–Crippen MR) is 234 cm³/mol. The van der Waals surface area contributed by atoms with E-state index in [1.165, 1.54) is 17.4 Å². The minimum absolute atomic E-state index is 0.0693. The molecule has 0 atom stereocenters. The van der Waals surface area contributed by atoms with E-state index in [9.17, 15) is 2.74 Å². The van der Waals surface area contributed by atoms with Crippen LogP contribution < -0.4 is 0 Å². The molecule has 0 saturated carbocycles. The molecule has 1 aliphatic rings. The normalized spacial score (nSPS) is 13.9. The molecule has 0 fully saturated rings. The van der Waals surface area contributed by atoms with Crippen LogP contribution in [-0.2, 0) is 6.42 Å². The first-order chi connectivity index (χ1) is 30.2. The number of hydrogen-bond donors (Lipinski definition) is 0. The van der Waals surface area contributed by atoms with Crippen molar-refractivity contribution in [1.29, 1.82) is 0 Å². The maximum Gasteiger partial charge on any atom is 0.164 e. The number of rotatable bonds is 6. The Morgan fingerprint density at radius 1 is 0.536 bits per heavy atom. The molecule has 11 rings (SSSR count). The Bertz CT molecular complexity index is 3470. The number of hydrogen-bond acceptors (Lipinski definition) is 4. The van der Waals surface area contributed by atoms with E-state index in [1.54, 1.807) is 0 Å². The molecule has 3 heterocycles. The number of fused-ring (bicyclic) bond motifs is 6. The van der Waals surface area contributed by atoms with Crippen LogP contribution in [0.15, 0.2) is 176 Å². The number of nitrogens with zero attached hydrogens (tertiary/aromatic N) is 4. The maximum absolute atomic E-state index is 9.61. The number of allylic oxidation sites excluding steroid dienone is 1. The van der Waals surface area contributed by atoms with Gasteiger partial charge in [0.05, 0.1) is 19.4 Å². The van der Waals surface area contributed by atoms with E-state index in [-0.39, 0.29) is 36.3 Å². The minimum atomic E-state index is -0.292. The summed E-state index contributed by atoms with van der Waals surface area (Å²) in [6.45, 7) is 0. The first-order valence-electron chi connectivity index (χ1n) is 21.6. The standard InChI is InChI=1S/C51H34N4S/c1-3-14-33(15-4-1)34-26-28-36(29-27-34)50-52-49(35-16-5-2-6-17-35)53-51(54-50)37-30-31-46(55-44-23-10-7-18-38(44)39-19-8-11-24-45(39)55)43(32-37)42-22-13-21-41-40-20-9-12-25-47(40)56-48(41)42/h1-10,12-23,25-32H,11,24H2/i9D,13D,20D,21D,22D,25D. The van der Waals surface area contributed by atoms with Crippen molar-refractivity contribution in [2.45, 2.75) is 12.8 Å². The zero-order valence-electron chi connectivity index (χ0n) is 36.0. The Labute approximate surface area is 337 Å². The van der Waals surface area contributed by atoms with Crippen LogP contribution in [0, 0.1) is 0 Å². The third-order valence-corrected chi connectivity index (χ3v) is 11.7. The molecule has 0 radical (unpaired) electrons. The van der Waals surface area contributed by atoms with Crippen LogP contribution in [-0.4, -0.2) is 19.5 Å². The summed E-state index contributed by atoms with van der Waals surface area (Å²) in [6, 6.07) is 43.0. The zero-order valence-corrected chi connectivity index (χ0v) is 30.8. The Kier molecular flexibility index (Phi) is 6.41. The van der Waals surface area contributed by atoms with Gasteiger partial charge in [-0.25, -0.2) is 15.0 Å². The largest absolute Gasteiger partial charge is 0.312 e. The fourth-order valence-corrected chi connectivity index (χ4v) is 8.96. The van der Waals surface area contributed by atoms with Gasteiger partial charge >= 0.3 is 0 Å². The second-order valence-electron chi connectivity index (χ2n) is 13.8. The van der Waals surface area contributed by atoms with Crippen LogP contribution in [0.1, 0.15) is 25.9 Å². The van der Waals surface area contributed by atoms with Crippen molar-refractivity contribution in [3.8, 4) is 62.1 Å². The summed E-state index contributed by atoms with van der Waals surface area (Å²) in [6.07, 6.45) is 6.03. The van der Waals surface area contributed by atoms with Gasteiger partial charge in [-0.2, -0.15) is 0 Å². The maximum atomic E-state index is 9.61. The van der Waals surface area contributed by atoms with E-state index >= 15 is 0 Å². The molecule has 0 aliphatic heterocycles. The topological polar surface area (TPSA) is 43.6 Å². The lowest BCUT2D eigenvalue weighted by Crippen LogP contribution is -2.05. The van der Waals surface area contributed by atoms with Gasteiger partial charge in [0.2, 0.25) is 0 Å². The Hall–Kier alpha value is -6.95. The Morgan fingerprint density at radius 2 is 1.18 bits per heavy atom. The van der Waals surface area contributed by atoms with Crippen LogP contribution in [0.3, 0.4) is 0 Å². The molecule has 1 aliphatic carbocycles. The Morgan fingerprint density at radius 3 is 1.98 bits per heavy atom. The third-order valence-electron chi connectivity index (χ3n) is 10.5. The van der Waals surface area contributed by atoms with Gasteiger partial charge in [0.15, 0.2) is 17.5 Å². The lowest BCUT2D eigenvalue weighted by atomic mass is 9.97. The molecule has 3 aromatic heterocycles. The molecule has 0 saturated heterocycles. The molecule has 0 N–H and O–H groups in total. The number of para-hydroxylation sites is 1. The highest BCUT2D eigenvalue weighted by molar-refractivity contribution is 7.26. The highest BCUT2D eigenvalue weighted by Gasteiger charge is 2.23. The van der Waals surface area contributed by atoms with Crippen molar-refractivity contribution in [2.24, 2.45) is 0 Å². The molecular weight excluding hydrogens is 701 g/mol. The van der Waals surface area contributed by atoms with Gasteiger partial charge in [-0.3, -0.25) is 0 Å². The van der Waals surface area contributed by atoms with E-state index in [4.69, 9.17) is 20.4 Å². The van der Waals surface area contributed by atoms with Crippen LogP contribution in [0.5, 0.6) is 0 Å². The predicted octanol–water partition coefficient (Wildman–Crippen LogP) is 13.5. The first kappa shape index (κ1) is 26.8. The van der Waals surface area contributed by atoms with Gasteiger partial charge in [-0.05, 0) is 54.3 Å². The lowest BCUT2D eigenvalue weighted by molar-refractivity contribution is 0.889. The Balaban J connectivity index is 1.20. The van der Waals surface area contributed by atoms with E-state index in [1.807, 2.05) is 91.0 Å². The van der Waals surface area contributed by atoms with Crippen molar-refractivity contribution in [3.63, 3.8) is 0 Å². The average molecular weight is 741 g/mol. The van der Waals surface area contributed by atoms with Crippen molar-refractivity contribution in [2.75, 3.05) is 0 Å². The third kappa shape index (κ3) is 5.47. The molecule has 0 spiro atoms. The smallest absolute Gasteiger partial charge is 0.164 e. The second-order valence-corrected chi connectivity index (χ2v) is 14.8. The quantitative estimate of drug-likeness (QED) is 0.170. The van der Waals surface area contributed by atoms with Crippen molar-refractivity contribution in [3.05, 3.63) is 187 Å². The van der Waals surface area contributed by atoms with Crippen molar-refractivity contribution < 1.29 is 8.22 Å². The second kappa shape index (κ2) is 13.4.